The summed E-state index contributed by atoms with van der Waals surface area (Å²) in [6, 6.07) is 0. The summed E-state index contributed by atoms with van der Waals surface area (Å²) in [7, 11) is -3.14. The maximum absolute atomic E-state index is 12.9. The fraction of sp³-hybridized carbons (Fsp3) is 0.941. The van der Waals surface area contributed by atoms with Crippen molar-refractivity contribution in [3.05, 3.63) is 0 Å². The molecule has 1 aliphatic heterocycles. The van der Waals surface area contributed by atoms with Crippen LogP contribution in [0.1, 0.15) is 40.5 Å². The maximum Gasteiger partial charge on any atom is 0.225 e. The molecule has 142 valence electrons. The Labute approximate surface area is 148 Å². The van der Waals surface area contributed by atoms with Crippen molar-refractivity contribution >= 4 is 15.9 Å². The molecule has 0 aromatic carbocycles. The Morgan fingerprint density at radius 1 is 1.12 bits per heavy atom. The molecular formula is C17H35N3O3S. The lowest BCUT2D eigenvalue weighted by molar-refractivity contribution is -0.137. The van der Waals surface area contributed by atoms with Gasteiger partial charge in [-0.2, -0.15) is 0 Å². The summed E-state index contributed by atoms with van der Waals surface area (Å²) < 4.78 is 24.7. The number of rotatable bonds is 9. The third-order valence-electron chi connectivity index (χ3n) is 4.75. The molecule has 1 fully saturated rings. The van der Waals surface area contributed by atoms with Crippen molar-refractivity contribution < 1.29 is 13.2 Å². The van der Waals surface area contributed by atoms with Gasteiger partial charge in [-0.25, -0.2) is 12.7 Å². The number of amides is 1. The number of hydrogen-bond acceptors (Lipinski definition) is 4. The van der Waals surface area contributed by atoms with Gasteiger partial charge >= 0.3 is 0 Å². The van der Waals surface area contributed by atoms with Crippen LogP contribution in [0.2, 0.25) is 0 Å². The summed E-state index contributed by atoms with van der Waals surface area (Å²) in [5, 5.41) is 0. The first-order valence-corrected chi connectivity index (χ1v) is 11.0. The molecule has 0 atom stereocenters. The largest absolute Gasteiger partial charge is 0.341 e. The Morgan fingerprint density at radius 2 is 1.67 bits per heavy atom. The molecule has 1 amide bonds. The van der Waals surface area contributed by atoms with Crippen LogP contribution < -0.4 is 0 Å². The van der Waals surface area contributed by atoms with Crippen LogP contribution in [0.25, 0.3) is 0 Å². The molecule has 0 aromatic heterocycles. The molecule has 0 unspecified atom stereocenters. The quantitative estimate of drug-likeness (QED) is 0.624. The van der Waals surface area contributed by atoms with Gasteiger partial charge in [0.1, 0.15) is 0 Å². The van der Waals surface area contributed by atoms with Gasteiger partial charge in [0.2, 0.25) is 15.9 Å². The number of nitrogens with zero attached hydrogens (tertiary/aromatic N) is 3. The van der Waals surface area contributed by atoms with Crippen LogP contribution in [0.3, 0.4) is 0 Å². The van der Waals surface area contributed by atoms with Crippen LogP contribution in [0.5, 0.6) is 0 Å². The molecule has 0 N–H and O–H groups in total. The van der Waals surface area contributed by atoms with Crippen LogP contribution in [0.4, 0.5) is 0 Å². The third kappa shape index (κ3) is 6.69. The van der Waals surface area contributed by atoms with E-state index in [1.54, 1.807) is 0 Å². The molecule has 1 rings (SSSR count). The van der Waals surface area contributed by atoms with Gasteiger partial charge in [0.15, 0.2) is 0 Å². The number of hydrogen-bond donors (Lipinski definition) is 0. The van der Waals surface area contributed by atoms with E-state index in [0.717, 1.165) is 32.7 Å². The van der Waals surface area contributed by atoms with Crippen LogP contribution in [-0.2, 0) is 14.8 Å². The predicted molar refractivity (Wildman–Crippen MR) is 98.3 cm³/mol. The van der Waals surface area contributed by atoms with E-state index in [0.29, 0.717) is 31.8 Å². The first kappa shape index (κ1) is 21.4. The summed E-state index contributed by atoms with van der Waals surface area (Å²) in [6.07, 6.45) is 2.50. The van der Waals surface area contributed by atoms with Gasteiger partial charge in [-0.1, -0.05) is 27.7 Å². The SMILES string of the molecule is CCN(CC)CCN(CC(C)C)C(=O)C1CCN(S(C)(=O)=O)CC1. The zero-order chi connectivity index (χ0) is 18.3. The van der Waals surface area contributed by atoms with Crippen molar-refractivity contribution in [2.75, 3.05) is 52.1 Å². The van der Waals surface area contributed by atoms with Gasteiger partial charge in [0.25, 0.3) is 0 Å². The van der Waals surface area contributed by atoms with E-state index in [9.17, 15) is 13.2 Å². The molecule has 1 aliphatic rings. The zero-order valence-corrected chi connectivity index (χ0v) is 16.8. The molecule has 0 aromatic rings. The van der Waals surface area contributed by atoms with Crippen molar-refractivity contribution in [2.45, 2.75) is 40.5 Å². The lowest BCUT2D eigenvalue weighted by atomic mass is 9.96. The van der Waals surface area contributed by atoms with Crippen LogP contribution in [-0.4, -0.2) is 80.5 Å². The Balaban J connectivity index is 2.64. The van der Waals surface area contributed by atoms with Crippen LogP contribution in [0, 0.1) is 11.8 Å². The minimum absolute atomic E-state index is 0.0431. The summed E-state index contributed by atoms with van der Waals surface area (Å²) >= 11 is 0. The van der Waals surface area contributed by atoms with Crippen LogP contribution in [0.15, 0.2) is 0 Å². The molecule has 7 heteroatoms. The summed E-state index contributed by atoms with van der Waals surface area (Å²) in [5.74, 6) is 0.587. The van der Waals surface area contributed by atoms with Crippen molar-refractivity contribution in [2.24, 2.45) is 11.8 Å². The Bertz CT molecular complexity index is 481. The molecule has 24 heavy (non-hydrogen) atoms. The molecule has 0 spiro atoms. The number of sulfonamides is 1. The fourth-order valence-electron chi connectivity index (χ4n) is 3.23. The Kier molecular flexibility index (Phi) is 8.67. The molecule has 0 saturated carbocycles. The smallest absolute Gasteiger partial charge is 0.225 e. The van der Waals surface area contributed by atoms with Gasteiger partial charge in [-0.05, 0) is 31.8 Å². The van der Waals surface area contributed by atoms with E-state index in [2.05, 4.69) is 32.6 Å². The number of likely N-dealkylation sites (N-methyl/N-ethyl adjacent to an activating group) is 1. The van der Waals surface area contributed by atoms with E-state index in [1.165, 1.54) is 10.6 Å². The molecular weight excluding hydrogens is 326 g/mol. The second-order valence-corrected chi connectivity index (χ2v) is 9.12. The number of carbonyl (C=O) groups excluding carboxylic acids is 1. The average Bonchev–Trinajstić information content (AvgIpc) is 2.53. The van der Waals surface area contributed by atoms with Crippen molar-refractivity contribution in [3.8, 4) is 0 Å². The topological polar surface area (TPSA) is 60.9 Å². The lowest BCUT2D eigenvalue weighted by Gasteiger charge is -2.34. The van der Waals surface area contributed by atoms with Gasteiger partial charge in [-0.3, -0.25) is 4.79 Å². The van der Waals surface area contributed by atoms with Crippen LogP contribution >= 0.6 is 0 Å². The Morgan fingerprint density at radius 3 is 2.08 bits per heavy atom. The third-order valence-corrected chi connectivity index (χ3v) is 6.05. The minimum Gasteiger partial charge on any atom is -0.341 e. The van der Waals surface area contributed by atoms with E-state index < -0.39 is 10.0 Å². The first-order chi connectivity index (χ1) is 11.2. The molecule has 0 aliphatic carbocycles. The average molecular weight is 362 g/mol. The fourth-order valence-corrected chi connectivity index (χ4v) is 4.10. The molecule has 0 bridgehead atoms. The van der Waals surface area contributed by atoms with Gasteiger partial charge in [0, 0.05) is 38.6 Å². The predicted octanol–water partition coefficient (Wildman–Crippen LogP) is 1.48. The second kappa shape index (κ2) is 9.73. The van der Waals surface area contributed by atoms with Gasteiger partial charge in [0.05, 0.1) is 6.26 Å². The summed E-state index contributed by atoms with van der Waals surface area (Å²) in [6.45, 7) is 13.9. The standard InChI is InChI=1S/C17H35N3O3S/c1-6-18(7-2)12-13-19(14-15(3)4)17(21)16-8-10-20(11-9-16)24(5,22)23/h15-16H,6-14H2,1-5H3. The first-order valence-electron chi connectivity index (χ1n) is 9.15. The molecule has 0 radical (unpaired) electrons. The normalized spacial score (nSPS) is 17.6. The molecule has 1 saturated heterocycles. The van der Waals surface area contributed by atoms with E-state index in [1.807, 2.05) is 4.90 Å². The summed E-state index contributed by atoms with van der Waals surface area (Å²) in [5.41, 5.74) is 0. The highest BCUT2D eigenvalue weighted by Gasteiger charge is 2.31. The zero-order valence-electron chi connectivity index (χ0n) is 16.0. The number of piperidine rings is 1. The maximum atomic E-state index is 12.9. The second-order valence-electron chi connectivity index (χ2n) is 7.14. The monoisotopic (exact) mass is 361 g/mol. The molecule has 1 heterocycles. The highest BCUT2D eigenvalue weighted by molar-refractivity contribution is 7.88. The van der Waals surface area contributed by atoms with E-state index in [4.69, 9.17) is 0 Å². The van der Waals surface area contributed by atoms with Crippen molar-refractivity contribution in [3.63, 3.8) is 0 Å². The summed E-state index contributed by atoms with van der Waals surface area (Å²) in [4.78, 5) is 17.2. The number of carbonyl (C=O) groups is 1. The Hall–Kier alpha value is -0.660. The van der Waals surface area contributed by atoms with E-state index in [-0.39, 0.29) is 11.8 Å². The van der Waals surface area contributed by atoms with Gasteiger partial charge < -0.3 is 9.80 Å². The minimum atomic E-state index is -3.14. The molecule has 6 nitrogen and oxygen atoms in total. The highest BCUT2D eigenvalue weighted by Crippen LogP contribution is 2.22. The van der Waals surface area contributed by atoms with Gasteiger partial charge in [-0.15, -0.1) is 0 Å². The van der Waals surface area contributed by atoms with Crippen molar-refractivity contribution in [1.29, 1.82) is 0 Å². The van der Waals surface area contributed by atoms with Crippen molar-refractivity contribution in [1.82, 2.24) is 14.1 Å². The highest BCUT2D eigenvalue weighted by atomic mass is 32.2. The lowest BCUT2D eigenvalue weighted by Crippen LogP contribution is -2.47. The van der Waals surface area contributed by atoms with E-state index >= 15 is 0 Å².